The molecule has 0 unspecified atom stereocenters. The Kier molecular flexibility index (Phi) is 3.35. The van der Waals surface area contributed by atoms with Gasteiger partial charge >= 0.3 is 0 Å². The first kappa shape index (κ1) is 11.5. The number of amides is 1. The fraction of sp³-hybridized carbons (Fsp3) is 0.231. The second kappa shape index (κ2) is 4.93. The van der Waals surface area contributed by atoms with E-state index in [1.165, 1.54) is 0 Å². The Bertz CT molecular complexity index is 492. The molecule has 0 aliphatic carbocycles. The standard InChI is InChI=1S/C13H14N2O2/c1-14-8-3-2-5-9-6-4-7-10-11(9)15-13(17)12(10)16/h2,4-7,14H,3,8H2,1H3,(H,15,16,17). The van der Waals surface area contributed by atoms with Gasteiger partial charge in [0.05, 0.1) is 11.3 Å². The van der Waals surface area contributed by atoms with Crippen LogP contribution < -0.4 is 10.6 Å². The van der Waals surface area contributed by atoms with Crippen LogP contribution in [0.4, 0.5) is 5.69 Å². The number of fused-ring (bicyclic) bond motifs is 1. The highest BCUT2D eigenvalue weighted by molar-refractivity contribution is 6.52. The van der Waals surface area contributed by atoms with E-state index >= 15 is 0 Å². The van der Waals surface area contributed by atoms with Crippen LogP contribution in [0.15, 0.2) is 24.3 Å². The van der Waals surface area contributed by atoms with Gasteiger partial charge in [-0.3, -0.25) is 9.59 Å². The molecule has 1 aromatic carbocycles. The molecule has 0 spiro atoms. The maximum absolute atomic E-state index is 11.5. The number of anilines is 1. The Balaban J connectivity index is 2.23. The lowest BCUT2D eigenvalue weighted by Crippen LogP contribution is -2.12. The van der Waals surface area contributed by atoms with Crippen LogP contribution in [0.3, 0.4) is 0 Å². The molecule has 1 amide bonds. The minimum absolute atomic E-state index is 0.453. The van der Waals surface area contributed by atoms with Gasteiger partial charge in [-0.1, -0.05) is 24.3 Å². The summed E-state index contributed by atoms with van der Waals surface area (Å²) >= 11 is 0. The molecular formula is C13H14N2O2. The van der Waals surface area contributed by atoms with Crippen LogP contribution in [-0.4, -0.2) is 25.3 Å². The maximum Gasteiger partial charge on any atom is 0.296 e. The zero-order valence-electron chi connectivity index (χ0n) is 9.62. The average molecular weight is 230 g/mol. The van der Waals surface area contributed by atoms with Crippen molar-refractivity contribution in [3.63, 3.8) is 0 Å². The lowest BCUT2D eigenvalue weighted by Gasteiger charge is -2.02. The number of Topliss-reactive ketones (excluding diaryl/α,β-unsaturated/α-hetero) is 1. The molecule has 0 saturated heterocycles. The van der Waals surface area contributed by atoms with Gasteiger partial charge in [0.2, 0.25) is 0 Å². The first-order valence-electron chi connectivity index (χ1n) is 5.54. The maximum atomic E-state index is 11.5. The predicted octanol–water partition coefficient (Wildman–Crippen LogP) is 1.44. The molecule has 0 fully saturated rings. The van der Waals surface area contributed by atoms with Crippen LogP contribution >= 0.6 is 0 Å². The summed E-state index contributed by atoms with van der Waals surface area (Å²) in [6.45, 7) is 0.900. The van der Waals surface area contributed by atoms with Crippen molar-refractivity contribution in [3.05, 3.63) is 35.4 Å². The van der Waals surface area contributed by atoms with Crippen molar-refractivity contribution in [2.45, 2.75) is 6.42 Å². The third kappa shape index (κ3) is 2.26. The molecule has 0 bridgehead atoms. The van der Waals surface area contributed by atoms with E-state index in [9.17, 15) is 9.59 Å². The predicted molar refractivity (Wildman–Crippen MR) is 67.0 cm³/mol. The summed E-state index contributed by atoms with van der Waals surface area (Å²) in [6.07, 6.45) is 4.85. The third-order valence-corrected chi connectivity index (χ3v) is 2.64. The summed E-state index contributed by atoms with van der Waals surface area (Å²) in [7, 11) is 1.90. The Hall–Kier alpha value is -1.94. The van der Waals surface area contributed by atoms with E-state index in [-0.39, 0.29) is 0 Å². The van der Waals surface area contributed by atoms with Crippen molar-refractivity contribution in [1.29, 1.82) is 0 Å². The number of nitrogens with one attached hydrogen (secondary N) is 2. The van der Waals surface area contributed by atoms with Crippen molar-refractivity contribution in [1.82, 2.24) is 5.32 Å². The molecule has 0 radical (unpaired) electrons. The van der Waals surface area contributed by atoms with Crippen LogP contribution in [0.5, 0.6) is 0 Å². The Morgan fingerprint density at radius 2 is 2.18 bits per heavy atom. The molecule has 1 aromatic rings. The number of carbonyl (C=O) groups excluding carboxylic acids is 2. The molecule has 0 atom stereocenters. The fourth-order valence-corrected chi connectivity index (χ4v) is 1.77. The molecular weight excluding hydrogens is 216 g/mol. The highest BCUT2D eigenvalue weighted by atomic mass is 16.2. The van der Waals surface area contributed by atoms with E-state index in [4.69, 9.17) is 0 Å². The van der Waals surface area contributed by atoms with Crippen LogP contribution in [0.25, 0.3) is 6.08 Å². The normalized spacial score (nSPS) is 14.2. The zero-order chi connectivity index (χ0) is 12.3. The van der Waals surface area contributed by atoms with Crippen molar-refractivity contribution in [2.75, 3.05) is 18.9 Å². The topological polar surface area (TPSA) is 58.2 Å². The van der Waals surface area contributed by atoms with Gasteiger partial charge in [-0.25, -0.2) is 0 Å². The summed E-state index contributed by atoms with van der Waals surface area (Å²) < 4.78 is 0. The van der Waals surface area contributed by atoms with E-state index < -0.39 is 11.7 Å². The Labute approximate surface area is 99.7 Å². The number of hydrogen-bond donors (Lipinski definition) is 2. The highest BCUT2D eigenvalue weighted by Gasteiger charge is 2.28. The minimum Gasteiger partial charge on any atom is -0.319 e. The molecule has 0 aromatic heterocycles. The lowest BCUT2D eigenvalue weighted by molar-refractivity contribution is -0.112. The highest BCUT2D eigenvalue weighted by Crippen LogP contribution is 2.27. The zero-order valence-corrected chi connectivity index (χ0v) is 9.62. The number of rotatable bonds is 4. The Morgan fingerprint density at radius 1 is 1.35 bits per heavy atom. The second-order valence-electron chi connectivity index (χ2n) is 3.85. The van der Waals surface area contributed by atoms with Crippen molar-refractivity contribution >= 4 is 23.5 Å². The largest absolute Gasteiger partial charge is 0.319 e. The third-order valence-electron chi connectivity index (χ3n) is 2.64. The van der Waals surface area contributed by atoms with E-state index in [0.717, 1.165) is 18.5 Å². The van der Waals surface area contributed by atoms with Crippen molar-refractivity contribution in [3.8, 4) is 0 Å². The van der Waals surface area contributed by atoms with Gasteiger partial charge in [-0.15, -0.1) is 0 Å². The van der Waals surface area contributed by atoms with E-state index in [2.05, 4.69) is 10.6 Å². The number of hydrogen-bond acceptors (Lipinski definition) is 3. The molecule has 2 N–H and O–H groups in total. The summed E-state index contributed by atoms with van der Waals surface area (Å²) in [4.78, 5) is 22.7. The van der Waals surface area contributed by atoms with Gasteiger partial charge in [-0.05, 0) is 31.6 Å². The monoisotopic (exact) mass is 230 g/mol. The molecule has 2 rings (SSSR count). The minimum atomic E-state index is -0.545. The molecule has 17 heavy (non-hydrogen) atoms. The quantitative estimate of drug-likeness (QED) is 0.608. The van der Waals surface area contributed by atoms with E-state index in [0.29, 0.717) is 11.3 Å². The Morgan fingerprint density at radius 3 is 2.94 bits per heavy atom. The molecule has 88 valence electrons. The number of benzene rings is 1. The SMILES string of the molecule is CNCCC=Cc1cccc2c1NC(=O)C2=O. The van der Waals surface area contributed by atoms with Crippen LogP contribution in [0, 0.1) is 0 Å². The van der Waals surface area contributed by atoms with Gasteiger partial charge in [0.1, 0.15) is 0 Å². The smallest absolute Gasteiger partial charge is 0.296 e. The van der Waals surface area contributed by atoms with E-state index in [1.54, 1.807) is 12.1 Å². The van der Waals surface area contributed by atoms with Gasteiger partial charge < -0.3 is 10.6 Å². The molecule has 1 aliphatic heterocycles. The average Bonchev–Trinajstić information content (AvgIpc) is 2.62. The summed E-state index contributed by atoms with van der Waals surface area (Å²) in [6, 6.07) is 5.34. The summed E-state index contributed by atoms with van der Waals surface area (Å²) in [5.41, 5.74) is 1.96. The fourth-order valence-electron chi connectivity index (χ4n) is 1.77. The molecule has 0 saturated carbocycles. The van der Waals surface area contributed by atoms with Gasteiger partial charge in [0.25, 0.3) is 11.7 Å². The van der Waals surface area contributed by atoms with Crippen LogP contribution in [-0.2, 0) is 4.79 Å². The molecule has 4 heteroatoms. The first-order chi connectivity index (χ1) is 8.24. The van der Waals surface area contributed by atoms with Gasteiger partial charge in [0.15, 0.2) is 0 Å². The second-order valence-corrected chi connectivity index (χ2v) is 3.85. The van der Waals surface area contributed by atoms with Crippen molar-refractivity contribution in [2.24, 2.45) is 0 Å². The van der Waals surface area contributed by atoms with Crippen LogP contribution in [0.1, 0.15) is 22.3 Å². The number of carbonyl (C=O) groups is 2. The number of para-hydroxylation sites is 1. The van der Waals surface area contributed by atoms with Gasteiger partial charge in [-0.2, -0.15) is 0 Å². The lowest BCUT2D eigenvalue weighted by atomic mass is 10.1. The molecule has 1 heterocycles. The van der Waals surface area contributed by atoms with E-state index in [1.807, 2.05) is 25.3 Å². The van der Waals surface area contributed by atoms with Gasteiger partial charge in [0, 0.05) is 0 Å². The first-order valence-corrected chi connectivity index (χ1v) is 5.54. The van der Waals surface area contributed by atoms with Crippen LogP contribution in [0.2, 0.25) is 0 Å². The molecule has 1 aliphatic rings. The van der Waals surface area contributed by atoms with Crippen molar-refractivity contribution < 1.29 is 9.59 Å². The summed E-state index contributed by atoms with van der Waals surface area (Å²) in [5, 5.41) is 5.65. The summed E-state index contributed by atoms with van der Waals surface area (Å²) in [5.74, 6) is -0.999. The molecule has 4 nitrogen and oxygen atoms in total. The number of ketones is 1.